The number of piperidine rings is 1. The molecule has 220 valence electrons. The Morgan fingerprint density at radius 3 is 2.67 bits per heavy atom. The molecule has 3 amide bonds. The molecule has 1 spiro atoms. The van der Waals surface area contributed by atoms with Crippen molar-refractivity contribution in [3.8, 4) is 11.5 Å². The van der Waals surface area contributed by atoms with Crippen LogP contribution in [-0.2, 0) is 11.3 Å². The van der Waals surface area contributed by atoms with Crippen LogP contribution in [0.1, 0.15) is 58.7 Å². The number of aromatic nitrogens is 2. The lowest BCUT2D eigenvalue weighted by atomic mass is 9.88. The minimum atomic E-state index is -0.245. The molecule has 2 saturated carbocycles. The molecular formula is C34H35N5O4. The maximum absolute atomic E-state index is 13.8. The molecule has 0 radical (unpaired) electrons. The first-order valence-electron chi connectivity index (χ1n) is 15.5. The Kier molecular flexibility index (Phi) is 6.07. The standard InChI is InChI=1S/C34H35N5O4/c1-37(20-28-35-36-30(43-28)21-7-3-2-4-8-21)31(40)22-9-6-16-38(18-22)27-11-5-10-25-29(27)33(42)39(32(25)41)19-23-17-24-12-13-26(23)34(24)14-15-34/h2-5,7-8,10-13,22-24,26H,6,9,14-20H2,1H3/t22-,23+,24+,26+/m1/s1. The zero-order valence-electron chi connectivity index (χ0n) is 24.3. The molecule has 8 rings (SSSR count). The summed E-state index contributed by atoms with van der Waals surface area (Å²) in [7, 11) is 1.75. The second-order valence-electron chi connectivity index (χ2n) is 13.0. The first-order chi connectivity index (χ1) is 20.9. The smallest absolute Gasteiger partial charge is 0.263 e. The van der Waals surface area contributed by atoms with Crippen LogP contribution in [0, 0.1) is 29.1 Å². The summed E-state index contributed by atoms with van der Waals surface area (Å²) >= 11 is 0. The monoisotopic (exact) mass is 577 g/mol. The molecule has 2 aromatic carbocycles. The van der Waals surface area contributed by atoms with Crippen molar-refractivity contribution in [3.63, 3.8) is 0 Å². The van der Waals surface area contributed by atoms with E-state index in [2.05, 4.69) is 27.2 Å². The van der Waals surface area contributed by atoms with Crippen LogP contribution in [0.4, 0.5) is 5.69 Å². The summed E-state index contributed by atoms with van der Waals surface area (Å²) in [5.41, 5.74) is 2.99. The summed E-state index contributed by atoms with van der Waals surface area (Å²) in [4.78, 5) is 46.2. The second-order valence-corrected chi connectivity index (χ2v) is 13.0. The minimum Gasteiger partial charge on any atom is -0.419 e. The van der Waals surface area contributed by atoms with Crippen molar-refractivity contribution in [2.75, 3.05) is 31.6 Å². The number of benzene rings is 2. The number of carbonyl (C=O) groups is 3. The lowest BCUT2D eigenvalue weighted by Crippen LogP contribution is -2.44. The van der Waals surface area contributed by atoms with Crippen LogP contribution in [0.3, 0.4) is 0 Å². The van der Waals surface area contributed by atoms with Gasteiger partial charge in [0.1, 0.15) is 0 Å². The summed E-state index contributed by atoms with van der Waals surface area (Å²) in [6.07, 6.45) is 9.89. The lowest BCUT2D eigenvalue weighted by Gasteiger charge is -2.36. The molecule has 3 aliphatic carbocycles. The number of amides is 3. The molecule has 3 fully saturated rings. The average Bonchev–Trinajstić information content (AvgIpc) is 3.35. The van der Waals surface area contributed by atoms with Gasteiger partial charge in [-0.05, 0) is 79.5 Å². The number of hydrogen-bond acceptors (Lipinski definition) is 7. The Balaban J connectivity index is 0.957. The molecule has 0 unspecified atom stereocenters. The van der Waals surface area contributed by atoms with Crippen molar-refractivity contribution in [3.05, 3.63) is 77.7 Å². The molecule has 9 nitrogen and oxygen atoms in total. The molecule has 5 aliphatic rings. The molecule has 1 saturated heterocycles. The van der Waals surface area contributed by atoms with Crippen LogP contribution < -0.4 is 4.90 Å². The third kappa shape index (κ3) is 4.23. The summed E-state index contributed by atoms with van der Waals surface area (Å²) < 4.78 is 5.82. The van der Waals surface area contributed by atoms with Gasteiger partial charge in [0.15, 0.2) is 0 Å². The Hall–Kier alpha value is -4.27. The first kappa shape index (κ1) is 26.4. The Morgan fingerprint density at radius 2 is 1.88 bits per heavy atom. The van der Waals surface area contributed by atoms with E-state index in [1.165, 1.54) is 17.7 Å². The third-order valence-electron chi connectivity index (χ3n) is 10.6. The fourth-order valence-electron chi connectivity index (χ4n) is 8.32. The van der Waals surface area contributed by atoms with Crippen molar-refractivity contribution in [2.45, 2.75) is 38.6 Å². The van der Waals surface area contributed by atoms with E-state index in [0.717, 1.165) is 37.1 Å². The van der Waals surface area contributed by atoms with Gasteiger partial charge in [-0.15, -0.1) is 10.2 Å². The molecule has 2 bridgehead atoms. The topological polar surface area (TPSA) is 99.8 Å². The van der Waals surface area contributed by atoms with E-state index in [1.807, 2.05) is 42.5 Å². The van der Waals surface area contributed by atoms with Gasteiger partial charge in [-0.1, -0.05) is 36.4 Å². The van der Waals surface area contributed by atoms with Crippen LogP contribution in [0.25, 0.3) is 11.5 Å². The van der Waals surface area contributed by atoms with Crippen LogP contribution in [0.5, 0.6) is 0 Å². The highest BCUT2D eigenvalue weighted by molar-refractivity contribution is 6.23. The number of rotatable bonds is 7. The molecule has 1 aromatic heterocycles. The van der Waals surface area contributed by atoms with E-state index in [-0.39, 0.29) is 30.2 Å². The van der Waals surface area contributed by atoms with Crippen LogP contribution >= 0.6 is 0 Å². The van der Waals surface area contributed by atoms with Gasteiger partial charge in [0, 0.05) is 32.2 Å². The van der Waals surface area contributed by atoms with Gasteiger partial charge in [-0.3, -0.25) is 19.3 Å². The zero-order chi connectivity index (χ0) is 29.3. The summed E-state index contributed by atoms with van der Waals surface area (Å²) in [5, 5.41) is 8.29. The normalized spacial score (nSPS) is 26.4. The van der Waals surface area contributed by atoms with Crippen molar-refractivity contribution in [2.24, 2.45) is 29.1 Å². The SMILES string of the molecule is CN(Cc1nnc(-c2ccccc2)o1)C(=O)[C@@H]1CCCN(c2cccc3c2C(=O)N(C[C@@H]2C[C@@H]4C=C[C@@H]2C42CC2)C3=O)C1. The quantitative estimate of drug-likeness (QED) is 0.294. The number of carbonyl (C=O) groups excluding carboxylic acids is 3. The molecular weight excluding hydrogens is 542 g/mol. The van der Waals surface area contributed by atoms with Gasteiger partial charge >= 0.3 is 0 Å². The Morgan fingerprint density at radius 1 is 1.05 bits per heavy atom. The highest BCUT2D eigenvalue weighted by atomic mass is 16.4. The second kappa shape index (κ2) is 9.89. The van der Waals surface area contributed by atoms with Gasteiger partial charge < -0.3 is 14.2 Å². The lowest BCUT2D eigenvalue weighted by molar-refractivity contribution is -0.135. The molecule has 43 heavy (non-hydrogen) atoms. The van der Waals surface area contributed by atoms with E-state index in [9.17, 15) is 14.4 Å². The number of fused-ring (bicyclic) bond motifs is 1. The van der Waals surface area contributed by atoms with Gasteiger partial charge in [-0.2, -0.15) is 0 Å². The highest BCUT2D eigenvalue weighted by Gasteiger charge is 2.63. The van der Waals surface area contributed by atoms with Gasteiger partial charge in [0.05, 0.1) is 29.3 Å². The zero-order valence-corrected chi connectivity index (χ0v) is 24.3. The molecule has 2 aliphatic heterocycles. The number of imide groups is 1. The Bertz CT molecular complexity index is 1640. The largest absolute Gasteiger partial charge is 0.419 e. The number of allylic oxidation sites excluding steroid dienone is 2. The first-order valence-corrected chi connectivity index (χ1v) is 15.5. The molecule has 4 atom stereocenters. The van der Waals surface area contributed by atoms with E-state index in [1.54, 1.807) is 18.0 Å². The van der Waals surface area contributed by atoms with Crippen molar-refractivity contribution < 1.29 is 18.8 Å². The van der Waals surface area contributed by atoms with Gasteiger partial charge in [0.25, 0.3) is 11.8 Å². The van der Waals surface area contributed by atoms with Crippen LogP contribution in [-0.4, -0.2) is 64.4 Å². The number of anilines is 1. The average molecular weight is 578 g/mol. The maximum atomic E-state index is 13.8. The van der Waals surface area contributed by atoms with Crippen molar-refractivity contribution >= 4 is 23.4 Å². The van der Waals surface area contributed by atoms with E-state index in [4.69, 9.17) is 4.42 Å². The minimum absolute atomic E-state index is 0.000821. The van der Waals surface area contributed by atoms with Crippen molar-refractivity contribution in [1.29, 1.82) is 0 Å². The summed E-state index contributed by atoms with van der Waals surface area (Å²) in [5.74, 6) is 1.63. The third-order valence-corrected chi connectivity index (χ3v) is 10.6. The molecule has 3 aromatic rings. The van der Waals surface area contributed by atoms with E-state index in [0.29, 0.717) is 59.2 Å². The fraction of sp³-hybridized carbons (Fsp3) is 0.441. The molecule has 3 heterocycles. The van der Waals surface area contributed by atoms with Crippen LogP contribution in [0.15, 0.2) is 65.1 Å². The summed E-state index contributed by atoms with van der Waals surface area (Å²) in [6.45, 7) is 1.93. The highest BCUT2D eigenvalue weighted by Crippen LogP contribution is 2.70. The van der Waals surface area contributed by atoms with E-state index < -0.39 is 0 Å². The van der Waals surface area contributed by atoms with E-state index >= 15 is 0 Å². The van der Waals surface area contributed by atoms with Crippen molar-refractivity contribution in [1.82, 2.24) is 20.0 Å². The molecule has 0 N–H and O–H groups in total. The molecule has 9 heteroatoms. The Labute approximate surface area is 250 Å². The van der Waals surface area contributed by atoms with Crippen LogP contribution in [0.2, 0.25) is 0 Å². The van der Waals surface area contributed by atoms with Gasteiger partial charge in [-0.25, -0.2) is 0 Å². The number of hydrogen-bond donors (Lipinski definition) is 0. The fourth-order valence-corrected chi connectivity index (χ4v) is 8.32. The van der Waals surface area contributed by atoms with Gasteiger partial charge in [0.2, 0.25) is 17.7 Å². The maximum Gasteiger partial charge on any atom is 0.263 e. The predicted octanol–water partition coefficient (Wildman–Crippen LogP) is 4.81. The number of nitrogens with zero attached hydrogens (tertiary/aromatic N) is 5. The predicted molar refractivity (Wildman–Crippen MR) is 159 cm³/mol. The summed E-state index contributed by atoms with van der Waals surface area (Å²) in [6, 6.07) is 15.1.